The second-order valence-electron chi connectivity index (χ2n) is 5.58. The van der Waals surface area contributed by atoms with Gasteiger partial charge in [0, 0.05) is 12.6 Å². The SMILES string of the molecule is CCC1CCCCN1C(=O)c1nn(-c2ccccc2)c(=O)[nH]1. The molecular formula is C16H20N4O2. The summed E-state index contributed by atoms with van der Waals surface area (Å²) in [4.78, 5) is 29.1. The van der Waals surface area contributed by atoms with Crippen molar-refractivity contribution in [2.24, 2.45) is 0 Å². The fourth-order valence-electron chi connectivity index (χ4n) is 2.99. The molecule has 1 atom stereocenters. The molecule has 1 aliphatic rings. The minimum atomic E-state index is -0.389. The molecule has 0 spiro atoms. The lowest BCUT2D eigenvalue weighted by Gasteiger charge is -2.34. The number of para-hydroxylation sites is 1. The van der Waals surface area contributed by atoms with Crippen LogP contribution in [0.4, 0.5) is 0 Å². The molecule has 3 rings (SSSR count). The first kappa shape index (κ1) is 14.6. The summed E-state index contributed by atoms with van der Waals surface area (Å²) in [5.41, 5.74) is 0.257. The normalized spacial score (nSPS) is 18.4. The van der Waals surface area contributed by atoms with E-state index in [1.807, 2.05) is 23.1 Å². The third-order valence-electron chi connectivity index (χ3n) is 4.18. The minimum absolute atomic E-state index is 0.120. The van der Waals surface area contributed by atoms with Crippen molar-refractivity contribution in [1.82, 2.24) is 19.7 Å². The van der Waals surface area contributed by atoms with Crippen LogP contribution < -0.4 is 5.69 Å². The Kier molecular flexibility index (Phi) is 4.09. The van der Waals surface area contributed by atoms with Gasteiger partial charge in [-0.05, 0) is 37.8 Å². The smallest absolute Gasteiger partial charge is 0.333 e. The third kappa shape index (κ3) is 2.68. The lowest BCUT2D eigenvalue weighted by molar-refractivity contribution is 0.0595. The van der Waals surface area contributed by atoms with Crippen LogP contribution >= 0.6 is 0 Å². The number of carbonyl (C=O) groups excluding carboxylic acids is 1. The zero-order valence-electron chi connectivity index (χ0n) is 12.7. The molecule has 1 fully saturated rings. The zero-order chi connectivity index (χ0) is 15.5. The summed E-state index contributed by atoms with van der Waals surface area (Å²) >= 11 is 0. The minimum Gasteiger partial charge on any atom is -0.333 e. The molecule has 1 amide bonds. The molecule has 22 heavy (non-hydrogen) atoms. The van der Waals surface area contributed by atoms with Crippen LogP contribution in [0.1, 0.15) is 43.2 Å². The molecule has 0 saturated carbocycles. The number of amides is 1. The largest absolute Gasteiger partial charge is 0.348 e. The number of benzene rings is 1. The van der Waals surface area contributed by atoms with Crippen molar-refractivity contribution in [2.75, 3.05) is 6.54 Å². The van der Waals surface area contributed by atoms with Crippen LogP contribution in [-0.2, 0) is 0 Å². The van der Waals surface area contributed by atoms with Crippen molar-refractivity contribution in [1.29, 1.82) is 0 Å². The van der Waals surface area contributed by atoms with Crippen molar-refractivity contribution >= 4 is 5.91 Å². The Morgan fingerprint density at radius 1 is 1.32 bits per heavy atom. The van der Waals surface area contributed by atoms with Gasteiger partial charge in [-0.3, -0.25) is 9.78 Å². The van der Waals surface area contributed by atoms with Crippen LogP contribution in [0.3, 0.4) is 0 Å². The summed E-state index contributed by atoms with van der Waals surface area (Å²) in [6.45, 7) is 2.82. The van der Waals surface area contributed by atoms with Gasteiger partial charge < -0.3 is 4.90 Å². The van der Waals surface area contributed by atoms with Crippen molar-refractivity contribution < 1.29 is 4.79 Å². The highest BCUT2D eigenvalue weighted by atomic mass is 16.2. The van der Waals surface area contributed by atoms with Crippen LogP contribution in [0.5, 0.6) is 0 Å². The molecular weight excluding hydrogens is 280 g/mol. The van der Waals surface area contributed by atoms with Gasteiger partial charge in [0.15, 0.2) is 0 Å². The number of nitrogens with one attached hydrogen (secondary N) is 1. The van der Waals surface area contributed by atoms with Gasteiger partial charge in [0.05, 0.1) is 5.69 Å². The van der Waals surface area contributed by atoms with Gasteiger partial charge in [-0.2, -0.15) is 4.68 Å². The van der Waals surface area contributed by atoms with Gasteiger partial charge in [-0.15, -0.1) is 5.10 Å². The molecule has 1 N–H and O–H groups in total. The van der Waals surface area contributed by atoms with Crippen molar-refractivity contribution in [3.05, 3.63) is 46.6 Å². The molecule has 1 aliphatic heterocycles. The Morgan fingerprint density at radius 3 is 2.82 bits per heavy atom. The van der Waals surface area contributed by atoms with Crippen molar-refractivity contribution in [2.45, 2.75) is 38.6 Å². The summed E-state index contributed by atoms with van der Waals surface area (Å²) in [6, 6.07) is 9.34. The lowest BCUT2D eigenvalue weighted by atomic mass is 10.00. The second kappa shape index (κ2) is 6.17. The van der Waals surface area contributed by atoms with Crippen LogP contribution in [0.25, 0.3) is 5.69 Å². The molecule has 116 valence electrons. The number of nitrogens with zero attached hydrogens (tertiary/aromatic N) is 3. The van der Waals surface area contributed by atoms with Gasteiger partial charge in [0.25, 0.3) is 5.91 Å². The summed E-state index contributed by atoms with van der Waals surface area (Å²) in [7, 11) is 0. The summed E-state index contributed by atoms with van der Waals surface area (Å²) in [5, 5.41) is 4.18. The van der Waals surface area contributed by atoms with E-state index in [0.717, 1.165) is 32.2 Å². The van der Waals surface area contributed by atoms with E-state index < -0.39 is 0 Å². The Balaban J connectivity index is 1.89. The number of piperidine rings is 1. The average Bonchev–Trinajstić information content (AvgIpc) is 2.97. The molecule has 0 aliphatic carbocycles. The fraction of sp³-hybridized carbons (Fsp3) is 0.438. The Hall–Kier alpha value is -2.37. The van der Waals surface area contributed by atoms with E-state index in [-0.39, 0.29) is 23.5 Å². The predicted molar refractivity (Wildman–Crippen MR) is 83.2 cm³/mol. The van der Waals surface area contributed by atoms with Crippen LogP contribution in [0.2, 0.25) is 0 Å². The highest BCUT2D eigenvalue weighted by Gasteiger charge is 2.28. The maximum atomic E-state index is 12.6. The van der Waals surface area contributed by atoms with E-state index >= 15 is 0 Å². The molecule has 0 radical (unpaired) electrons. The van der Waals surface area contributed by atoms with Crippen LogP contribution in [0, 0.1) is 0 Å². The van der Waals surface area contributed by atoms with E-state index in [1.165, 1.54) is 4.68 Å². The van der Waals surface area contributed by atoms with E-state index in [1.54, 1.807) is 12.1 Å². The van der Waals surface area contributed by atoms with E-state index in [0.29, 0.717) is 5.69 Å². The first-order valence-corrected chi connectivity index (χ1v) is 7.76. The van der Waals surface area contributed by atoms with Gasteiger partial charge in [0.1, 0.15) is 0 Å². The van der Waals surface area contributed by atoms with E-state index in [9.17, 15) is 9.59 Å². The van der Waals surface area contributed by atoms with Gasteiger partial charge in [-0.25, -0.2) is 4.79 Å². The first-order valence-electron chi connectivity index (χ1n) is 7.76. The molecule has 6 heteroatoms. The van der Waals surface area contributed by atoms with Crippen molar-refractivity contribution in [3.8, 4) is 5.69 Å². The lowest BCUT2D eigenvalue weighted by Crippen LogP contribution is -2.43. The molecule has 0 bridgehead atoms. The molecule has 1 saturated heterocycles. The molecule has 2 heterocycles. The standard InChI is InChI=1S/C16H20N4O2/c1-2-12-8-6-7-11-19(12)15(21)14-17-16(22)20(18-14)13-9-4-3-5-10-13/h3-5,9-10,12H,2,6-8,11H2,1H3,(H,17,18,22). The predicted octanol–water partition coefficient (Wildman–Crippen LogP) is 1.97. The number of rotatable bonds is 3. The molecule has 1 aromatic carbocycles. The highest BCUT2D eigenvalue weighted by Crippen LogP contribution is 2.20. The van der Waals surface area contributed by atoms with Crippen LogP contribution in [-0.4, -0.2) is 38.2 Å². The topological polar surface area (TPSA) is 71.0 Å². The number of H-pyrrole nitrogens is 1. The number of hydrogen-bond donors (Lipinski definition) is 1. The molecule has 2 aromatic rings. The highest BCUT2D eigenvalue weighted by molar-refractivity contribution is 5.90. The quantitative estimate of drug-likeness (QED) is 0.942. The third-order valence-corrected chi connectivity index (χ3v) is 4.18. The van der Waals surface area contributed by atoms with E-state index in [4.69, 9.17) is 0 Å². The Morgan fingerprint density at radius 2 is 2.09 bits per heavy atom. The van der Waals surface area contributed by atoms with Crippen LogP contribution in [0.15, 0.2) is 35.1 Å². The maximum Gasteiger partial charge on any atom is 0.348 e. The van der Waals surface area contributed by atoms with Gasteiger partial charge in [0.2, 0.25) is 5.82 Å². The van der Waals surface area contributed by atoms with E-state index in [2.05, 4.69) is 17.0 Å². The number of carbonyl (C=O) groups is 1. The summed E-state index contributed by atoms with van der Waals surface area (Å²) in [5.74, 6) is -0.0625. The number of likely N-dealkylation sites (tertiary alicyclic amines) is 1. The summed E-state index contributed by atoms with van der Waals surface area (Å²) < 4.78 is 1.23. The Bertz CT molecular complexity index is 704. The first-order chi connectivity index (χ1) is 10.7. The number of hydrogen-bond acceptors (Lipinski definition) is 3. The second-order valence-corrected chi connectivity index (χ2v) is 5.58. The zero-order valence-corrected chi connectivity index (χ0v) is 12.7. The van der Waals surface area contributed by atoms with Gasteiger partial charge >= 0.3 is 5.69 Å². The Labute approximate surface area is 128 Å². The number of aromatic nitrogens is 3. The molecule has 1 unspecified atom stereocenters. The fourth-order valence-corrected chi connectivity index (χ4v) is 2.99. The maximum absolute atomic E-state index is 12.6. The molecule has 1 aromatic heterocycles. The van der Waals surface area contributed by atoms with Gasteiger partial charge in [-0.1, -0.05) is 25.1 Å². The average molecular weight is 300 g/mol. The monoisotopic (exact) mass is 300 g/mol. The molecule has 6 nitrogen and oxygen atoms in total. The number of aromatic amines is 1. The van der Waals surface area contributed by atoms with Crippen molar-refractivity contribution in [3.63, 3.8) is 0 Å². The summed E-state index contributed by atoms with van der Waals surface area (Å²) in [6.07, 6.45) is 4.10.